The largest absolute Gasteiger partial charge is 1.00 e. The number of hydrogen-bond donors (Lipinski definition) is 0. The van der Waals surface area contributed by atoms with E-state index in [4.69, 9.17) is 4.74 Å². The Morgan fingerprint density at radius 1 is 1.04 bits per heavy atom. The van der Waals surface area contributed by atoms with Gasteiger partial charge in [0.1, 0.15) is 10.1 Å². The molecule has 0 bridgehead atoms. The summed E-state index contributed by atoms with van der Waals surface area (Å²) in [5, 5.41) is 0. The fourth-order valence-electron chi connectivity index (χ4n) is 2.26. The molecular weight excluding hydrogens is 339 g/mol. The number of benzene rings is 1. The molecule has 0 amide bonds. The van der Waals surface area contributed by atoms with Crippen LogP contribution in [0.4, 0.5) is 0 Å². The van der Waals surface area contributed by atoms with Crippen molar-refractivity contribution in [3.05, 3.63) is 29.8 Å². The molecular formula is C17H25NaO5S. The van der Waals surface area contributed by atoms with Crippen LogP contribution in [-0.2, 0) is 14.9 Å². The quantitative estimate of drug-likeness (QED) is 0.252. The summed E-state index contributed by atoms with van der Waals surface area (Å²) in [7, 11) is -4.56. The molecule has 1 aromatic rings. The number of carbonyl (C=O) groups is 1. The van der Waals surface area contributed by atoms with Crippen LogP contribution in [0, 0.1) is 0 Å². The molecule has 0 radical (unpaired) electrons. The minimum Gasteiger partial charge on any atom is -0.744 e. The van der Waals surface area contributed by atoms with E-state index in [1.807, 2.05) is 0 Å². The summed E-state index contributed by atoms with van der Waals surface area (Å²) in [6.45, 7) is 2.50. The van der Waals surface area contributed by atoms with Crippen molar-refractivity contribution < 1.29 is 52.1 Å². The van der Waals surface area contributed by atoms with Gasteiger partial charge in [-0.05, 0) is 24.6 Å². The van der Waals surface area contributed by atoms with E-state index in [-0.39, 0.29) is 35.1 Å². The predicted octanol–water partition coefficient (Wildman–Crippen LogP) is 0.892. The third-order valence-corrected chi connectivity index (χ3v) is 4.42. The van der Waals surface area contributed by atoms with E-state index in [2.05, 4.69) is 6.92 Å². The van der Waals surface area contributed by atoms with Gasteiger partial charge in [-0.3, -0.25) is 0 Å². The number of esters is 1. The summed E-state index contributed by atoms with van der Waals surface area (Å²) in [4.78, 5) is 11.4. The average molecular weight is 364 g/mol. The van der Waals surface area contributed by atoms with E-state index in [0.29, 0.717) is 6.61 Å². The number of rotatable bonds is 11. The Labute approximate surface area is 167 Å². The van der Waals surface area contributed by atoms with Gasteiger partial charge < -0.3 is 9.29 Å². The van der Waals surface area contributed by atoms with Crippen molar-refractivity contribution in [3.8, 4) is 0 Å². The molecule has 0 aliphatic carbocycles. The summed E-state index contributed by atoms with van der Waals surface area (Å²) in [6.07, 6.45) is 9.20. The smallest absolute Gasteiger partial charge is 0.744 e. The molecule has 0 fully saturated rings. The molecule has 0 aliphatic heterocycles. The average Bonchev–Trinajstić information content (AvgIpc) is 2.52. The first-order valence-electron chi connectivity index (χ1n) is 8.18. The molecule has 24 heavy (non-hydrogen) atoms. The molecule has 0 saturated heterocycles. The van der Waals surface area contributed by atoms with Crippen LogP contribution in [0.1, 0.15) is 68.6 Å². The normalized spacial score (nSPS) is 10.9. The van der Waals surface area contributed by atoms with Crippen LogP contribution in [0.3, 0.4) is 0 Å². The molecule has 1 rings (SSSR count). The first kappa shape index (κ1) is 23.6. The van der Waals surface area contributed by atoms with Crippen molar-refractivity contribution in [2.75, 3.05) is 6.61 Å². The maximum absolute atomic E-state index is 11.8. The molecule has 7 heteroatoms. The molecule has 0 atom stereocenters. The SMILES string of the molecule is CCCCCCCCCCOC(=O)c1cccc(S(=O)(=O)[O-])c1.[Na+]. The van der Waals surface area contributed by atoms with Crippen LogP contribution < -0.4 is 29.6 Å². The van der Waals surface area contributed by atoms with Crippen LogP contribution >= 0.6 is 0 Å². The number of hydrogen-bond acceptors (Lipinski definition) is 5. The minimum absolute atomic E-state index is 0. The molecule has 0 spiro atoms. The molecule has 0 heterocycles. The second kappa shape index (κ2) is 12.9. The standard InChI is InChI=1S/C17H26O5S.Na/c1-2-3-4-5-6-7-8-9-13-22-17(18)15-11-10-12-16(14-15)23(19,20)21;/h10-12,14H,2-9,13H2,1H3,(H,19,20,21);/q;+1/p-1. The van der Waals surface area contributed by atoms with Crippen LogP contribution in [0.5, 0.6) is 0 Å². The van der Waals surface area contributed by atoms with Crippen molar-refractivity contribution in [2.24, 2.45) is 0 Å². The first-order chi connectivity index (χ1) is 10.9. The predicted molar refractivity (Wildman–Crippen MR) is 87.3 cm³/mol. The molecule has 130 valence electrons. The van der Waals surface area contributed by atoms with Crippen LogP contribution in [0.25, 0.3) is 0 Å². The number of ether oxygens (including phenoxy) is 1. The van der Waals surface area contributed by atoms with Crippen molar-refractivity contribution in [1.82, 2.24) is 0 Å². The van der Waals surface area contributed by atoms with E-state index in [9.17, 15) is 17.8 Å². The fourth-order valence-corrected chi connectivity index (χ4v) is 2.78. The van der Waals surface area contributed by atoms with E-state index in [1.54, 1.807) is 0 Å². The summed E-state index contributed by atoms with van der Waals surface area (Å²) >= 11 is 0. The molecule has 0 aliphatic rings. The molecule has 0 aromatic heterocycles. The van der Waals surface area contributed by atoms with Gasteiger partial charge in [-0.25, -0.2) is 13.2 Å². The van der Waals surface area contributed by atoms with Crippen LogP contribution in [0.15, 0.2) is 29.2 Å². The molecule has 0 saturated carbocycles. The van der Waals surface area contributed by atoms with Gasteiger partial charge in [0.25, 0.3) is 0 Å². The zero-order valence-corrected chi connectivity index (χ0v) is 17.4. The molecule has 1 aromatic carbocycles. The molecule has 5 nitrogen and oxygen atoms in total. The van der Waals surface area contributed by atoms with E-state index >= 15 is 0 Å². The van der Waals surface area contributed by atoms with Gasteiger partial charge in [-0.15, -0.1) is 0 Å². The van der Waals surface area contributed by atoms with Crippen molar-refractivity contribution in [1.29, 1.82) is 0 Å². The van der Waals surface area contributed by atoms with E-state index in [1.165, 1.54) is 44.2 Å². The summed E-state index contributed by atoms with van der Waals surface area (Å²) < 4.78 is 37.9. The van der Waals surface area contributed by atoms with Gasteiger partial charge in [0.2, 0.25) is 0 Å². The second-order valence-corrected chi connectivity index (χ2v) is 6.97. The Kier molecular flexibility index (Phi) is 12.7. The Hall–Kier alpha value is -0.400. The zero-order chi connectivity index (χ0) is 17.1. The van der Waals surface area contributed by atoms with Gasteiger partial charge >= 0.3 is 35.5 Å². The van der Waals surface area contributed by atoms with Gasteiger partial charge in [-0.1, -0.05) is 57.9 Å². The first-order valence-corrected chi connectivity index (χ1v) is 9.59. The van der Waals surface area contributed by atoms with Crippen LogP contribution in [0.2, 0.25) is 0 Å². The Morgan fingerprint density at radius 2 is 1.62 bits per heavy atom. The summed E-state index contributed by atoms with van der Waals surface area (Å²) in [5.74, 6) is -0.599. The zero-order valence-electron chi connectivity index (χ0n) is 14.6. The second-order valence-electron chi connectivity index (χ2n) is 5.59. The fraction of sp³-hybridized carbons (Fsp3) is 0.588. The number of carbonyl (C=O) groups excluding carboxylic acids is 1. The van der Waals surface area contributed by atoms with Gasteiger partial charge in [-0.2, -0.15) is 0 Å². The monoisotopic (exact) mass is 364 g/mol. The molecule has 0 unspecified atom stereocenters. The van der Waals surface area contributed by atoms with Gasteiger partial charge in [0.15, 0.2) is 0 Å². The van der Waals surface area contributed by atoms with Crippen molar-refractivity contribution in [3.63, 3.8) is 0 Å². The van der Waals surface area contributed by atoms with E-state index < -0.39 is 21.0 Å². The number of unbranched alkanes of at least 4 members (excludes halogenated alkanes) is 7. The summed E-state index contributed by atoms with van der Waals surface area (Å²) in [5.41, 5.74) is 0.0847. The van der Waals surface area contributed by atoms with Gasteiger partial charge in [0, 0.05) is 0 Å². The van der Waals surface area contributed by atoms with E-state index in [0.717, 1.165) is 31.4 Å². The molecule has 0 N–H and O–H groups in total. The van der Waals surface area contributed by atoms with Crippen molar-refractivity contribution >= 4 is 16.1 Å². The maximum atomic E-state index is 11.8. The van der Waals surface area contributed by atoms with Gasteiger partial charge in [0.05, 0.1) is 17.1 Å². The minimum atomic E-state index is -4.56. The topological polar surface area (TPSA) is 83.5 Å². The maximum Gasteiger partial charge on any atom is 1.00 e. The Morgan fingerprint density at radius 3 is 2.21 bits per heavy atom. The Balaban J connectivity index is 0.00000529. The Bertz CT molecular complexity index is 586. The third kappa shape index (κ3) is 9.79. The van der Waals surface area contributed by atoms with Crippen LogP contribution in [-0.4, -0.2) is 25.5 Å². The summed E-state index contributed by atoms with van der Waals surface area (Å²) in [6, 6.07) is 5.01. The third-order valence-electron chi connectivity index (χ3n) is 3.59. The van der Waals surface area contributed by atoms with Crippen molar-refractivity contribution in [2.45, 2.75) is 63.2 Å².